The number of carbonyl (C=O) groups excluding carboxylic acids is 2. The van der Waals surface area contributed by atoms with Crippen LogP contribution in [-0.4, -0.2) is 21.9 Å². The summed E-state index contributed by atoms with van der Waals surface area (Å²) in [6.45, 7) is 4.94. The lowest BCUT2D eigenvalue weighted by Gasteiger charge is -2.02. The van der Waals surface area contributed by atoms with E-state index in [0.29, 0.717) is 28.3 Å². The molecule has 3 rings (SSSR count). The fraction of sp³-hybridized carbons (Fsp3) is 0.211. The number of ketones is 1. The number of nitrogens with one attached hydrogen (secondary N) is 1. The first kappa shape index (κ1) is 16.7. The van der Waals surface area contributed by atoms with Crippen molar-refractivity contribution in [3.05, 3.63) is 64.6 Å². The van der Waals surface area contributed by atoms with Gasteiger partial charge in [-0.15, -0.1) is 0 Å². The molecular formula is C19H18N2O4. The first-order valence-electron chi connectivity index (χ1n) is 7.85. The van der Waals surface area contributed by atoms with Gasteiger partial charge in [0.25, 0.3) is 0 Å². The van der Waals surface area contributed by atoms with E-state index >= 15 is 0 Å². The molecule has 0 aliphatic carbocycles. The Morgan fingerprint density at radius 2 is 1.92 bits per heavy atom. The third-order valence-electron chi connectivity index (χ3n) is 3.96. The molecule has 1 aromatic carbocycles. The summed E-state index contributed by atoms with van der Waals surface area (Å²) in [5.41, 5.74) is 3.48. The van der Waals surface area contributed by atoms with Gasteiger partial charge in [0.15, 0.2) is 11.5 Å². The lowest BCUT2D eigenvalue weighted by Crippen LogP contribution is -2.08. The summed E-state index contributed by atoms with van der Waals surface area (Å²) in [6, 6.07) is 11.3. The Balaban J connectivity index is 1.70. The van der Waals surface area contributed by atoms with Crippen molar-refractivity contribution in [3.8, 4) is 11.3 Å². The van der Waals surface area contributed by atoms with Crippen LogP contribution in [0.25, 0.3) is 11.3 Å². The lowest BCUT2D eigenvalue weighted by molar-refractivity contribution is 0.0457. The summed E-state index contributed by atoms with van der Waals surface area (Å²) < 4.78 is 10.6. The second kappa shape index (κ2) is 6.76. The normalized spacial score (nSPS) is 10.7. The van der Waals surface area contributed by atoms with Crippen LogP contribution in [0.15, 0.2) is 40.9 Å². The van der Waals surface area contributed by atoms with Gasteiger partial charge in [-0.2, -0.15) is 0 Å². The number of rotatable bonds is 5. The van der Waals surface area contributed by atoms with E-state index in [1.165, 1.54) is 6.92 Å². The summed E-state index contributed by atoms with van der Waals surface area (Å²) in [6.07, 6.45) is 0. The number of aryl methyl sites for hydroxylation is 1. The molecule has 0 radical (unpaired) electrons. The highest BCUT2D eigenvalue weighted by molar-refractivity contribution is 6.01. The Morgan fingerprint density at radius 1 is 1.20 bits per heavy atom. The van der Waals surface area contributed by atoms with Gasteiger partial charge in [0.2, 0.25) is 0 Å². The fourth-order valence-electron chi connectivity index (χ4n) is 2.81. The van der Waals surface area contributed by atoms with Crippen molar-refractivity contribution in [2.24, 2.45) is 0 Å². The molecule has 25 heavy (non-hydrogen) atoms. The van der Waals surface area contributed by atoms with Crippen LogP contribution in [0.3, 0.4) is 0 Å². The van der Waals surface area contributed by atoms with E-state index in [4.69, 9.17) is 9.26 Å². The van der Waals surface area contributed by atoms with Crippen LogP contribution in [0, 0.1) is 13.8 Å². The largest absolute Gasteiger partial charge is 0.454 e. The van der Waals surface area contributed by atoms with E-state index in [1.54, 1.807) is 19.9 Å². The van der Waals surface area contributed by atoms with Crippen molar-refractivity contribution in [2.75, 3.05) is 0 Å². The monoisotopic (exact) mass is 338 g/mol. The Morgan fingerprint density at radius 3 is 2.56 bits per heavy atom. The second-order valence-corrected chi connectivity index (χ2v) is 5.81. The molecule has 0 aliphatic rings. The number of carbonyl (C=O) groups is 2. The molecule has 2 heterocycles. The van der Waals surface area contributed by atoms with Crippen LogP contribution < -0.4 is 0 Å². The van der Waals surface area contributed by atoms with E-state index in [0.717, 1.165) is 5.56 Å². The first-order chi connectivity index (χ1) is 12.0. The van der Waals surface area contributed by atoms with Gasteiger partial charge < -0.3 is 14.2 Å². The van der Waals surface area contributed by atoms with E-state index in [2.05, 4.69) is 10.1 Å². The van der Waals surface area contributed by atoms with Gasteiger partial charge in [0, 0.05) is 22.9 Å². The van der Waals surface area contributed by atoms with Crippen LogP contribution >= 0.6 is 0 Å². The van der Waals surface area contributed by atoms with Crippen molar-refractivity contribution < 1.29 is 18.8 Å². The number of Topliss-reactive ketones (excluding diaryl/α,β-unsaturated/α-hetero) is 1. The maximum atomic E-state index is 12.3. The van der Waals surface area contributed by atoms with Crippen molar-refractivity contribution in [1.29, 1.82) is 0 Å². The number of hydrogen-bond donors (Lipinski definition) is 1. The van der Waals surface area contributed by atoms with Crippen molar-refractivity contribution in [1.82, 2.24) is 10.1 Å². The molecule has 3 aromatic rings. The Bertz CT molecular complexity index is 922. The summed E-state index contributed by atoms with van der Waals surface area (Å²) in [4.78, 5) is 26.8. The van der Waals surface area contributed by atoms with Gasteiger partial charge in [-0.1, -0.05) is 35.5 Å². The highest BCUT2D eigenvalue weighted by Crippen LogP contribution is 2.22. The van der Waals surface area contributed by atoms with Crippen LogP contribution in [0.4, 0.5) is 0 Å². The van der Waals surface area contributed by atoms with E-state index < -0.39 is 5.97 Å². The van der Waals surface area contributed by atoms with Gasteiger partial charge in [-0.25, -0.2) is 4.79 Å². The minimum absolute atomic E-state index is 0.0118. The smallest absolute Gasteiger partial charge is 0.355 e. The minimum atomic E-state index is -0.530. The molecule has 0 aliphatic heterocycles. The van der Waals surface area contributed by atoms with Crippen LogP contribution in [-0.2, 0) is 11.3 Å². The number of esters is 1. The predicted molar refractivity (Wildman–Crippen MR) is 91.3 cm³/mol. The number of benzene rings is 1. The molecule has 0 bridgehead atoms. The maximum Gasteiger partial charge on any atom is 0.355 e. The summed E-state index contributed by atoms with van der Waals surface area (Å²) in [7, 11) is 0. The molecule has 128 valence electrons. The van der Waals surface area contributed by atoms with Crippen LogP contribution in [0.5, 0.6) is 0 Å². The molecule has 0 atom stereocenters. The van der Waals surface area contributed by atoms with Crippen molar-refractivity contribution in [3.63, 3.8) is 0 Å². The third-order valence-corrected chi connectivity index (χ3v) is 3.96. The van der Waals surface area contributed by atoms with Crippen LogP contribution in [0.2, 0.25) is 0 Å². The average molecular weight is 338 g/mol. The maximum absolute atomic E-state index is 12.3. The van der Waals surface area contributed by atoms with E-state index in [1.807, 2.05) is 30.3 Å². The third kappa shape index (κ3) is 3.38. The molecule has 0 fully saturated rings. The summed E-state index contributed by atoms with van der Waals surface area (Å²) >= 11 is 0. The predicted octanol–water partition coefficient (Wildman–Crippen LogP) is 3.85. The van der Waals surface area contributed by atoms with Crippen molar-refractivity contribution >= 4 is 11.8 Å². The van der Waals surface area contributed by atoms with Gasteiger partial charge >= 0.3 is 5.97 Å². The number of aromatic nitrogens is 2. The van der Waals surface area contributed by atoms with E-state index in [9.17, 15) is 9.59 Å². The second-order valence-electron chi connectivity index (χ2n) is 5.81. The fourth-order valence-corrected chi connectivity index (χ4v) is 2.81. The zero-order chi connectivity index (χ0) is 18.0. The van der Waals surface area contributed by atoms with Gasteiger partial charge in [-0.3, -0.25) is 4.79 Å². The first-order valence-corrected chi connectivity index (χ1v) is 7.85. The zero-order valence-corrected chi connectivity index (χ0v) is 14.3. The number of nitrogens with zero attached hydrogens (tertiary/aromatic N) is 1. The highest BCUT2D eigenvalue weighted by atomic mass is 16.5. The Kier molecular flexibility index (Phi) is 4.52. The van der Waals surface area contributed by atoms with Gasteiger partial charge in [-0.05, 0) is 26.3 Å². The molecule has 0 amide bonds. The number of H-pyrrole nitrogens is 1. The number of ether oxygens (including phenoxy) is 1. The lowest BCUT2D eigenvalue weighted by atomic mass is 10.1. The summed E-state index contributed by atoms with van der Waals surface area (Å²) in [5.74, 6) is -0.0101. The zero-order valence-electron chi connectivity index (χ0n) is 14.3. The molecule has 0 saturated carbocycles. The molecular weight excluding hydrogens is 320 g/mol. The van der Waals surface area contributed by atoms with Crippen molar-refractivity contribution in [2.45, 2.75) is 27.4 Å². The average Bonchev–Trinajstić information content (AvgIpc) is 3.18. The quantitative estimate of drug-likeness (QED) is 0.564. The van der Waals surface area contributed by atoms with Gasteiger partial charge in [0.05, 0.1) is 0 Å². The number of aromatic amines is 1. The van der Waals surface area contributed by atoms with Gasteiger partial charge in [0.1, 0.15) is 18.0 Å². The molecule has 0 unspecified atom stereocenters. The van der Waals surface area contributed by atoms with Crippen LogP contribution in [0.1, 0.15) is 44.7 Å². The summed E-state index contributed by atoms with van der Waals surface area (Å²) in [5, 5.41) is 3.92. The highest BCUT2D eigenvalue weighted by Gasteiger charge is 2.21. The molecule has 1 N–H and O–H groups in total. The molecule has 6 heteroatoms. The number of hydrogen-bond acceptors (Lipinski definition) is 5. The standard InChI is InChI=1S/C19H18N2O4/c1-11-17(13(3)22)12(2)20-18(11)19(23)24-10-15-9-16(25-21-15)14-7-5-4-6-8-14/h4-9,20H,10H2,1-3H3. The topological polar surface area (TPSA) is 85.2 Å². The molecule has 0 saturated heterocycles. The Labute approximate surface area is 144 Å². The molecule has 0 spiro atoms. The van der Waals surface area contributed by atoms with E-state index in [-0.39, 0.29) is 18.1 Å². The Hall–Kier alpha value is -3.15. The molecule has 6 nitrogen and oxygen atoms in total. The SMILES string of the molecule is CC(=O)c1c(C)[nH]c(C(=O)OCc2cc(-c3ccccc3)on2)c1C. The minimum Gasteiger partial charge on any atom is -0.454 e. The molecule has 2 aromatic heterocycles.